The number of aryl methyl sites for hydroxylation is 2. The minimum atomic E-state index is -0.739. The molecule has 0 bridgehead atoms. The molecule has 2 heterocycles. The topological polar surface area (TPSA) is 105 Å². The van der Waals surface area contributed by atoms with Crippen molar-refractivity contribution in [2.45, 2.75) is 44.5 Å². The fourth-order valence-electron chi connectivity index (χ4n) is 3.50. The maximum atomic E-state index is 12.3. The first-order valence-corrected chi connectivity index (χ1v) is 9.99. The largest absolute Gasteiger partial charge is 0.454 e. The predicted molar refractivity (Wildman–Crippen MR) is 105 cm³/mol. The van der Waals surface area contributed by atoms with Gasteiger partial charge in [-0.2, -0.15) is 0 Å². The van der Waals surface area contributed by atoms with E-state index in [1.54, 1.807) is 22.7 Å². The minimum absolute atomic E-state index is 0.0771. The average Bonchev–Trinajstić information content (AvgIpc) is 3.11. The third-order valence-corrected chi connectivity index (χ3v) is 6.45. The highest BCUT2D eigenvalue weighted by atomic mass is 32.2. The Kier molecular flexibility index (Phi) is 5.64. The molecule has 0 radical (unpaired) electrons. The van der Waals surface area contributed by atoms with Crippen molar-refractivity contribution in [1.82, 2.24) is 10.2 Å². The number of fused-ring (bicyclic) bond motifs is 1. The number of nitrogens with one attached hydrogen (secondary N) is 2. The zero-order chi connectivity index (χ0) is 20.5. The summed E-state index contributed by atoms with van der Waals surface area (Å²) >= 11 is 1.54. The molecule has 0 spiro atoms. The molecule has 2 N–H and O–H groups in total. The number of imide groups is 1. The van der Waals surface area contributed by atoms with E-state index in [4.69, 9.17) is 4.74 Å². The molecule has 28 heavy (non-hydrogen) atoms. The van der Waals surface area contributed by atoms with Crippen molar-refractivity contribution in [2.75, 3.05) is 17.7 Å². The monoisotopic (exact) mass is 405 g/mol. The summed E-state index contributed by atoms with van der Waals surface area (Å²) in [5, 5.41) is 4.71. The second-order valence-corrected chi connectivity index (χ2v) is 8.70. The molecule has 2 aliphatic rings. The molecule has 0 aliphatic carbocycles. The minimum Gasteiger partial charge on any atom is -0.454 e. The van der Waals surface area contributed by atoms with Crippen molar-refractivity contribution in [1.29, 1.82) is 0 Å². The summed E-state index contributed by atoms with van der Waals surface area (Å²) < 4.78 is 5.04. The Hall–Kier alpha value is -2.55. The molecule has 4 amide bonds. The number of hydrogen-bond donors (Lipinski definition) is 2. The highest BCUT2D eigenvalue weighted by Crippen LogP contribution is 2.47. The maximum Gasteiger partial charge on any atom is 0.330 e. The lowest BCUT2D eigenvalue weighted by Gasteiger charge is -2.29. The van der Waals surface area contributed by atoms with Crippen LogP contribution < -0.4 is 10.6 Å². The third kappa shape index (κ3) is 4.14. The van der Waals surface area contributed by atoms with Gasteiger partial charge in [0, 0.05) is 17.9 Å². The van der Waals surface area contributed by atoms with Gasteiger partial charge in [-0.1, -0.05) is 17.7 Å². The molecule has 2 aliphatic heterocycles. The van der Waals surface area contributed by atoms with Gasteiger partial charge in [0.25, 0.3) is 5.91 Å². The zero-order valence-corrected chi connectivity index (χ0v) is 16.9. The van der Waals surface area contributed by atoms with Crippen LogP contribution in [0.15, 0.2) is 18.2 Å². The first-order valence-electron chi connectivity index (χ1n) is 9.00. The first kappa shape index (κ1) is 20.2. The molecule has 2 fully saturated rings. The molecule has 0 saturated carbocycles. The number of amides is 4. The molecule has 0 aromatic heterocycles. The molecule has 3 rings (SSSR count). The van der Waals surface area contributed by atoms with Gasteiger partial charge < -0.3 is 15.0 Å². The van der Waals surface area contributed by atoms with Crippen molar-refractivity contribution in [3.63, 3.8) is 0 Å². The number of thioether (sulfide) groups is 1. The highest BCUT2D eigenvalue weighted by Gasteiger charge is 2.53. The summed E-state index contributed by atoms with van der Waals surface area (Å²) in [6.45, 7) is 5.13. The number of benzene rings is 1. The van der Waals surface area contributed by atoms with Crippen molar-refractivity contribution < 1.29 is 23.9 Å². The van der Waals surface area contributed by atoms with Gasteiger partial charge in [0.2, 0.25) is 5.91 Å². The van der Waals surface area contributed by atoms with E-state index in [0.29, 0.717) is 24.3 Å². The second kappa shape index (κ2) is 7.83. The summed E-state index contributed by atoms with van der Waals surface area (Å²) in [5.41, 5.74) is 2.51. The Bertz CT molecular complexity index is 843. The van der Waals surface area contributed by atoms with Gasteiger partial charge in [-0.15, -0.1) is 11.8 Å². The SMILES string of the molecule is Cc1ccc(NC(=O)NC(=O)COC(=O)[C@H]2CS[C@]3(C)CCC(=O)N23)c(C)c1. The predicted octanol–water partition coefficient (Wildman–Crippen LogP) is 1.95. The number of carbonyl (C=O) groups excluding carboxylic acids is 4. The van der Waals surface area contributed by atoms with E-state index in [1.807, 2.05) is 32.9 Å². The van der Waals surface area contributed by atoms with Gasteiger partial charge in [0.05, 0.1) is 4.87 Å². The van der Waals surface area contributed by atoms with Crippen LogP contribution in [0.4, 0.5) is 10.5 Å². The summed E-state index contributed by atoms with van der Waals surface area (Å²) in [5.74, 6) is -1.00. The van der Waals surface area contributed by atoms with Gasteiger partial charge in [0.1, 0.15) is 6.04 Å². The smallest absolute Gasteiger partial charge is 0.330 e. The number of ether oxygens (including phenoxy) is 1. The molecule has 150 valence electrons. The van der Waals surface area contributed by atoms with E-state index in [2.05, 4.69) is 10.6 Å². The van der Waals surface area contributed by atoms with Crippen molar-refractivity contribution in [3.05, 3.63) is 29.3 Å². The summed E-state index contributed by atoms with van der Waals surface area (Å²) in [6, 6.07) is 4.11. The van der Waals surface area contributed by atoms with Crippen LogP contribution in [0.5, 0.6) is 0 Å². The highest BCUT2D eigenvalue weighted by molar-refractivity contribution is 8.01. The maximum absolute atomic E-state index is 12.3. The van der Waals surface area contributed by atoms with E-state index in [-0.39, 0.29) is 10.8 Å². The Morgan fingerprint density at radius 2 is 2.07 bits per heavy atom. The molecule has 8 nitrogen and oxygen atoms in total. The third-order valence-electron chi connectivity index (χ3n) is 4.95. The molecule has 1 aromatic rings. The quantitative estimate of drug-likeness (QED) is 0.742. The second-order valence-electron chi connectivity index (χ2n) is 7.19. The fraction of sp³-hybridized carbons (Fsp3) is 0.474. The van der Waals surface area contributed by atoms with Gasteiger partial charge in [0.15, 0.2) is 6.61 Å². The standard InChI is InChI=1S/C19H23N3O5S/c1-11-4-5-13(12(2)8-11)20-18(26)21-15(23)9-27-17(25)14-10-28-19(3)7-6-16(24)22(14)19/h4-5,8,14H,6-7,9-10H2,1-3H3,(H2,20,21,23,26)/t14-,19-/m1/s1. The van der Waals surface area contributed by atoms with E-state index < -0.39 is 30.6 Å². The van der Waals surface area contributed by atoms with E-state index in [0.717, 1.165) is 11.1 Å². The molecule has 2 saturated heterocycles. The summed E-state index contributed by atoms with van der Waals surface area (Å²) in [4.78, 5) is 49.4. The first-order chi connectivity index (χ1) is 13.2. The number of anilines is 1. The molecule has 1 aromatic carbocycles. The Morgan fingerprint density at radius 3 is 2.79 bits per heavy atom. The van der Waals surface area contributed by atoms with Gasteiger partial charge in [-0.05, 0) is 38.8 Å². The number of hydrogen-bond acceptors (Lipinski definition) is 6. The van der Waals surface area contributed by atoms with Crippen LogP contribution in [0.1, 0.15) is 30.9 Å². The molecule has 2 atom stereocenters. The summed E-state index contributed by atoms with van der Waals surface area (Å²) in [6.07, 6.45) is 1.10. The molecular weight excluding hydrogens is 382 g/mol. The zero-order valence-electron chi connectivity index (χ0n) is 16.0. The van der Waals surface area contributed by atoms with Gasteiger partial charge in [-0.25, -0.2) is 9.59 Å². The normalized spacial score (nSPS) is 23.3. The van der Waals surface area contributed by atoms with Gasteiger partial charge >= 0.3 is 12.0 Å². The van der Waals surface area contributed by atoms with Crippen LogP contribution in [-0.4, -0.2) is 52.0 Å². The molecule has 9 heteroatoms. The molecule has 0 unspecified atom stereocenters. The van der Waals surface area contributed by atoms with Crippen molar-refractivity contribution in [2.24, 2.45) is 0 Å². The Morgan fingerprint density at radius 1 is 1.32 bits per heavy atom. The van der Waals surface area contributed by atoms with Crippen LogP contribution in [0, 0.1) is 13.8 Å². The fourth-order valence-corrected chi connectivity index (χ4v) is 4.91. The van der Waals surface area contributed by atoms with Crippen LogP contribution in [0.3, 0.4) is 0 Å². The van der Waals surface area contributed by atoms with E-state index in [9.17, 15) is 19.2 Å². The number of esters is 1. The molecular formula is C19H23N3O5S. The number of urea groups is 1. The average molecular weight is 405 g/mol. The van der Waals surface area contributed by atoms with E-state index >= 15 is 0 Å². The van der Waals surface area contributed by atoms with Crippen molar-refractivity contribution >= 4 is 41.3 Å². The van der Waals surface area contributed by atoms with Crippen molar-refractivity contribution in [3.8, 4) is 0 Å². The van der Waals surface area contributed by atoms with Crippen LogP contribution in [0.25, 0.3) is 0 Å². The van der Waals surface area contributed by atoms with Crippen LogP contribution in [-0.2, 0) is 19.1 Å². The lowest BCUT2D eigenvalue weighted by molar-refractivity contribution is -0.156. The van der Waals surface area contributed by atoms with Gasteiger partial charge in [-0.3, -0.25) is 14.9 Å². The lowest BCUT2D eigenvalue weighted by atomic mass is 10.1. The lowest BCUT2D eigenvalue weighted by Crippen LogP contribution is -2.47. The number of carbonyl (C=O) groups is 4. The van der Waals surface area contributed by atoms with E-state index in [1.165, 1.54) is 0 Å². The number of rotatable bonds is 4. The van der Waals surface area contributed by atoms with Crippen LogP contribution in [0.2, 0.25) is 0 Å². The van der Waals surface area contributed by atoms with Crippen LogP contribution >= 0.6 is 11.8 Å². The Labute approximate surface area is 167 Å². The number of nitrogens with zero attached hydrogens (tertiary/aromatic N) is 1. The summed E-state index contributed by atoms with van der Waals surface area (Å²) in [7, 11) is 0. The Balaban J connectivity index is 1.48.